The summed E-state index contributed by atoms with van der Waals surface area (Å²) in [4.78, 5) is 13.6. The smallest absolute Gasteiger partial charge is 0.212 e. The van der Waals surface area contributed by atoms with Crippen LogP contribution >= 0.6 is 0 Å². The molecular formula is C26H25FN4O4S. The molecule has 0 saturated carbocycles. The van der Waals surface area contributed by atoms with E-state index in [1.54, 1.807) is 56.9 Å². The molecule has 4 aromatic rings. The molecule has 0 bridgehead atoms. The van der Waals surface area contributed by atoms with Crippen LogP contribution in [0.25, 0.3) is 0 Å². The summed E-state index contributed by atoms with van der Waals surface area (Å²) in [5.41, 5.74) is 3.78. The first-order chi connectivity index (χ1) is 17.5. The van der Waals surface area contributed by atoms with Gasteiger partial charge in [0.15, 0.2) is 0 Å². The standard InChI is InChI=1S/C26H25FN4O4S/c1-34-23-12-8-18(14-28-23)25(19-9-13-24(35-2)29-15-19)26(17-6-10-20(27)11-7-17)22-5-3-4-21(31-22)16-30-36(32)33/h3-15,25-26,36H,16H2,1-2H3,(H,30,32,33). The maximum Gasteiger partial charge on any atom is 0.212 e. The Morgan fingerprint density at radius 2 is 1.39 bits per heavy atom. The van der Waals surface area contributed by atoms with E-state index in [9.17, 15) is 12.8 Å². The van der Waals surface area contributed by atoms with E-state index in [4.69, 9.17) is 14.5 Å². The molecule has 10 heteroatoms. The van der Waals surface area contributed by atoms with Crippen LogP contribution in [-0.4, -0.2) is 37.6 Å². The molecule has 0 spiro atoms. The second-order valence-corrected chi connectivity index (χ2v) is 8.75. The van der Waals surface area contributed by atoms with Crippen molar-refractivity contribution in [3.8, 4) is 11.8 Å². The minimum atomic E-state index is -2.76. The van der Waals surface area contributed by atoms with Crippen LogP contribution in [0.2, 0.25) is 0 Å². The number of ether oxygens (including phenoxy) is 2. The Hall–Kier alpha value is -3.89. The Bertz CT molecular complexity index is 1310. The van der Waals surface area contributed by atoms with Crippen LogP contribution in [0, 0.1) is 5.82 Å². The predicted molar refractivity (Wildman–Crippen MR) is 133 cm³/mol. The summed E-state index contributed by atoms with van der Waals surface area (Å²) in [7, 11) is 0.335. The fourth-order valence-electron chi connectivity index (χ4n) is 4.09. The lowest BCUT2D eigenvalue weighted by atomic mass is 9.76. The van der Waals surface area contributed by atoms with Crippen LogP contribution in [0.5, 0.6) is 11.8 Å². The molecular weight excluding hydrogens is 483 g/mol. The summed E-state index contributed by atoms with van der Waals surface area (Å²) in [6.45, 7) is 0.0571. The monoisotopic (exact) mass is 508 g/mol. The molecule has 0 aliphatic carbocycles. The van der Waals surface area contributed by atoms with Crippen molar-refractivity contribution in [2.75, 3.05) is 14.2 Å². The van der Waals surface area contributed by atoms with Gasteiger partial charge in [0.2, 0.25) is 22.7 Å². The van der Waals surface area contributed by atoms with Crippen LogP contribution in [0.4, 0.5) is 4.39 Å². The first-order valence-corrected chi connectivity index (χ1v) is 12.3. The fourth-order valence-corrected chi connectivity index (χ4v) is 4.38. The third-order valence-electron chi connectivity index (χ3n) is 5.75. The van der Waals surface area contributed by atoms with Gasteiger partial charge in [-0.05, 0) is 41.0 Å². The van der Waals surface area contributed by atoms with Crippen molar-refractivity contribution in [2.24, 2.45) is 0 Å². The minimum absolute atomic E-state index is 0.0571. The van der Waals surface area contributed by atoms with Crippen LogP contribution < -0.4 is 14.2 Å². The molecule has 1 unspecified atom stereocenters. The van der Waals surface area contributed by atoms with Crippen molar-refractivity contribution >= 4 is 10.9 Å². The third-order valence-corrected chi connectivity index (χ3v) is 6.17. The number of benzene rings is 1. The molecule has 8 nitrogen and oxygen atoms in total. The minimum Gasteiger partial charge on any atom is -0.481 e. The second-order valence-electron chi connectivity index (χ2n) is 7.92. The number of aromatic nitrogens is 3. The molecule has 0 fully saturated rings. The van der Waals surface area contributed by atoms with E-state index in [1.807, 2.05) is 24.3 Å². The second kappa shape index (κ2) is 11.7. The highest BCUT2D eigenvalue weighted by atomic mass is 32.2. The predicted octanol–water partition coefficient (Wildman–Crippen LogP) is 3.61. The summed E-state index contributed by atoms with van der Waals surface area (Å²) in [5, 5.41) is 0. The van der Waals surface area contributed by atoms with Crippen molar-refractivity contribution in [2.45, 2.75) is 18.4 Å². The maximum absolute atomic E-state index is 13.9. The molecule has 0 aliphatic heterocycles. The Morgan fingerprint density at radius 1 is 0.806 bits per heavy atom. The van der Waals surface area contributed by atoms with Gasteiger partial charge in [0.1, 0.15) is 5.82 Å². The van der Waals surface area contributed by atoms with Gasteiger partial charge in [-0.15, -0.1) is 0 Å². The highest BCUT2D eigenvalue weighted by molar-refractivity contribution is 7.70. The van der Waals surface area contributed by atoms with Crippen molar-refractivity contribution in [3.63, 3.8) is 0 Å². The molecule has 1 atom stereocenters. The third kappa shape index (κ3) is 6.02. The maximum atomic E-state index is 13.9. The van der Waals surface area contributed by atoms with Gasteiger partial charge < -0.3 is 9.47 Å². The van der Waals surface area contributed by atoms with Crippen LogP contribution in [0.1, 0.15) is 39.9 Å². The van der Waals surface area contributed by atoms with Crippen molar-refractivity contribution in [3.05, 3.63) is 113 Å². The molecule has 1 aromatic carbocycles. The van der Waals surface area contributed by atoms with E-state index < -0.39 is 10.9 Å². The van der Waals surface area contributed by atoms with E-state index in [1.165, 1.54) is 12.1 Å². The van der Waals surface area contributed by atoms with Crippen molar-refractivity contribution in [1.82, 2.24) is 19.7 Å². The van der Waals surface area contributed by atoms with E-state index in [2.05, 4.69) is 14.7 Å². The summed E-state index contributed by atoms with van der Waals surface area (Å²) < 4.78 is 48.9. The number of halogens is 1. The average molecular weight is 509 g/mol. The van der Waals surface area contributed by atoms with E-state index in [0.29, 0.717) is 23.1 Å². The lowest BCUT2D eigenvalue weighted by Gasteiger charge is -2.28. The summed E-state index contributed by atoms with van der Waals surface area (Å²) in [6.07, 6.45) is 3.47. The van der Waals surface area contributed by atoms with Crippen molar-refractivity contribution < 1.29 is 22.3 Å². The fraction of sp³-hybridized carbons (Fsp3) is 0.192. The highest BCUT2D eigenvalue weighted by Gasteiger charge is 2.30. The number of methoxy groups -OCH3 is 2. The van der Waals surface area contributed by atoms with Gasteiger partial charge in [0, 0.05) is 42.1 Å². The Labute approximate surface area is 210 Å². The molecule has 0 saturated heterocycles. The summed E-state index contributed by atoms with van der Waals surface area (Å²) in [6, 6.07) is 19.1. The zero-order valence-electron chi connectivity index (χ0n) is 19.7. The molecule has 3 heterocycles. The van der Waals surface area contributed by atoms with E-state index in [-0.39, 0.29) is 24.2 Å². The molecule has 3 aromatic heterocycles. The highest BCUT2D eigenvalue weighted by Crippen LogP contribution is 2.42. The average Bonchev–Trinajstić information content (AvgIpc) is 2.91. The number of thiol groups is 1. The normalized spacial score (nSPS) is 12.0. The van der Waals surface area contributed by atoms with E-state index >= 15 is 0 Å². The van der Waals surface area contributed by atoms with Gasteiger partial charge in [-0.25, -0.2) is 27.5 Å². The first-order valence-electron chi connectivity index (χ1n) is 11.1. The number of pyridine rings is 3. The summed E-state index contributed by atoms with van der Waals surface area (Å²) >= 11 is 0. The number of hydrogen-bond donors (Lipinski definition) is 2. The van der Waals surface area contributed by atoms with Crippen LogP contribution in [0.15, 0.2) is 79.1 Å². The molecule has 4 rings (SSSR count). The molecule has 0 radical (unpaired) electrons. The van der Waals surface area contributed by atoms with E-state index in [0.717, 1.165) is 16.7 Å². The lowest BCUT2D eigenvalue weighted by Crippen LogP contribution is -2.18. The number of nitrogens with one attached hydrogen (secondary N) is 1. The van der Waals surface area contributed by atoms with Crippen LogP contribution in [-0.2, 0) is 17.4 Å². The Kier molecular flexibility index (Phi) is 8.19. The molecule has 0 amide bonds. The Morgan fingerprint density at radius 3 is 1.89 bits per heavy atom. The number of hydrogen-bond acceptors (Lipinski definition) is 7. The largest absolute Gasteiger partial charge is 0.481 e. The first kappa shape index (κ1) is 25.2. The van der Waals surface area contributed by atoms with Crippen molar-refractivity contribution in [1.29, 1.82) is 0 Å². The number of nitrogens with zero attached hydrogens (tertiary/aromatic N) is 3. The SMILES string of the molecule is COc1ccc(C(c2ccc(OC)nc2)C(c2ccc(F)cc2)c2cccc(CN[SH](=O)=O)n2)cn1. The van der Waals surface area contributed by atoms with Gasteiger partial charge in [0.25, 0.3) is 0 Å². The Balaban J connectivity index is 1.90. The molecule has 1 N–H and O–H groups in total. The molecule has 36 heavy (non-hydrogen) atoms. The molecule has 0 aliphatic rings. The topological polar surface area (TPSA) is 103 Å². The molecule has 186 valence electrons. The van der Waals surface area contributed by atoms with Gasteiger partial charge in [0.05, 0.1) is 26.5 Å². The van der Waals surface area contributed by atoms with Crippen LogP contribution in [0.3, 0.4) is 0 Å². The van der Waals surface area contributed by atoms with Gasteiger partial charge in [-0.2, -0.15) is 0 Å². The lowest BCUT2D eigenvalue weighted by molar-refractivity contribution is 0.397. The van der Waals surface area contributed by atoms with Gasteiger partial charge in [-0.3, -0.25) is 4.98 Å². The number of rotatable bonds is 10. The zero-order valence-corrected chi connectivity index (χ0v) is 20.6. The summed E-state index contributed by atoms with van der Waals surface area (Å²) in [5.74, 6) is -0.101. The quantitative estimate of drug-likeness (QED) is 0.316. The van der Waals surface area contributed by atoms with Gasteiger partial charge in [-0.1, -0.05) is 30.3 Å². The zero-order chi connectivity index (χ0) is 25.5. The van der Waals surface area contributed by atoms with Gasteiger partial charge >= 0.3 is 0 Å².